The smallest absolute Gasteiger partial charge is 0.417 e. The molecule has 2 nitrogen and oxygen atoms in total. The summed E-state index contributed by atoms with van der Waals surface area (Å²) in [6.45, 7) is 3.38. The first-order valence-corrected chi connectivity index (χ1v) is 5.26. The lowest BCUT2D eigenvalue weighted by molar-refractivity contribution is -0.138. The van der Waals surface area contributed by atoms with Gasteiger partial charge in [-0.3, -0.25) is 0 Å². The average Bonchev–Trinajstić information content (AvgIpc) is 2.24. The molecule has 0 aliphatic rings. The molecule has 0 saturated carbocycles. The van der Waals surface area contributed by atoms with Crippen LogP contribution in [0.4, 0.5) is 17.6 Å². The Morgan fingerprint density at radius 3 is 2.44 bits per heavy atom. The van der Waals surface area contributed by atoms with Crippen LogP contribution in [0.3, 0.4) is 0 Å². The molecule has 6 heteroatoms. The van der Waals surface area contributed by atoms with Gasteiger partial charge in [0.25, 0.3) is 0 Å². The fraction of sp³-hybridized carbons (Fsp3) is 0.417. The summed E-state index contributed by atoms with van der Waals surface area (Å²) >= 11 is 0. The maximum atomic E-state index is 13.4. The molecule has 1 aromatic carbocycles. The van der Waals surface area contributed by atoms with E-state index >= 15 is 0 Å². The summed E-state index contributed by atoms with van der Waals surface area (Å²) in [5.74, 6) is -2.58. The van der Waals surface area contributed by atoms with Crippen LogP contribution in [-0.2, 0) is 10.9 Å². The Morgan fingerprint density at radius 2 is 1.94 bits per heavy atom. The lowest BCUT2D eigenvalue weighted by Crippen LogP contribution is -2.18. The Labute approximate surface area is 102 Å². The van der Waals surface area contributed by atoms with Gasteiger partial charge in [0.1, 0.15) is 11.4 Å². The molecular formula is C12H12F4O2. The third kappa shape index (κ3) is 3.45. The molecule has 0 unspecified atom stereocenters. The molecule has 100 valence electrons. The van der Waals surface area contributed by atoms with Gasteiger partial charge in [0.15, 0.2) is 0 Å². The van der Waals surface area contributed by atoms with Crippen molar-refractivity contribution in [2.45, 2.75) is 20.0 Å². The minimum Gasteiger partial charge on any atom is -0.462 e. The summed E-state index contributed by atoms with van der Waals surface area (Å²) in [5.41, 5.74) is -2.39. The number of carbonyl (C=O) groups excluding carboxylic acids is 1. The van der Waals surface area contributed by atoms with Gasteiger partial charge in [0, 0.05) is 0 Å². The molecule has 0 atom stereocenters. The molecule has 0 heterocycles. The van der Waals surface area contributed by atoms with Crippen molar-refractivity contribution in [1.82, 2.24) is 0 Å². The number of rotatable bonds is 3. The van der Waals surface area contributed by atoms with Crippen LogP contribution in [0.25, 0.3) is 0 Å². The van der Waals surface area contributed by atoms with E-state index in [0.29, 0.717) is 6.07 Å². The Hall–Kier alpha value is -1.59. The van der Waals surface area contributed by atoms with E-state index in [9.17, 15) is 22.4 Å². The normalized spacial score (nSPS) is 11.7. The highest BCUT2D eigenvalue weighted by molar-refractivity contribution is 5.91. The maximum Gasteiger partial charge on any atom is 0.417 e. The summed E-state index contributed by atoms with van der Waals surface area (Å²) in [7, 11) is 0. The van der Waals surface area contributed by atoms with Gasteiger partial charge in [-0.1, -0.05) is 19.9 Å². The molecule has 18 heavy (non-hydrogen) atoms. The van der Waals surface area contributed by atoms with Crippen molar-refractivity contribution >= 4 is 5.97 Å². The summed E-state index contributed by atoms with van der Waals surface area (Å²) in [6.07, 6.45) is -4.80. The van der Waals surface area contributed by atoms with Crippen molar-refractivity contribution in [3.05, 3.63) is 35.1 Å². The molecule has 1 aromatic rings. The van der Waals surface area contributed by atoms with Gasteiger partial charge in [-0.15, -0.1) is 0 Å². The molecule has 0 bridgehead atoms. The van der Waals surface area contributed by atoms with E-state index in [1.165, 1.54) is 0 Å². The molecule has 0 N–H and O–H groups in total. The van der Waals surface area contributed by atoms with Crippen molar-refractivity contribution in [2.75, 3.05) is 6.61 Å². The molecule has 0 radical (unpaired) electrons. The number of ether oxygens (including phenoxy) is 1. The standard InChI is InChI=1S/C12H12F4O2/c1-7(2)6-18-11(17)10-8(12(14,15)16)4-3-5-9(10)13/h3-5,7H,6H2,1-2H3. The van der Waals surface area contributed by atoms with Gasteiger partial charge in [0.05, 0.1) is 12.2 Å². The second kappa shape index (κ2) is 5.37. The number of hydrogen-bond donors (Lipinski definition) is 0. The quantitative estimate of drug-likeness (QED) is 0.615. The van der Waals surface area contributed by atoms with Gasteiger partial charge < -0.3 is 4.74 Å². The predicted molar refractivity (Wildman–Crippen MR) is 56.5 cm³/mol. The summed E-state index contributed by atoms with van der Waals surface area (Å²) < 4.78 is 55.8. The number of alkyl halides is 3. The van der Waals surface area contributed by atoms with E-state index in [4.69, 9.17) is 0 Å². The summed E-state index contributed by atoms with van der Waals surface area (Å²) in [5, 5.41) is 0. The molecule has 0 amide bonds. The molecule has 0 aliphatic carbocycles. The zero-order valence-electron chi connectivity index (χ0n) is 9.84. The van der Waals surface area contributed by atoms with E-state index in [0.717, 1.165) is 12.1 Å². The summed E-state index contributed by atoms with van der Waals surface area (Å²) in [4.78, 5) is 11.5. The second-order valence-corrected chi connectivity index (χ2v) is 4.15. The number of hydrogen-bond acceptors (Lipinski definition) is 2. The van der Waals surface area contributed by atoms with Crippen LogP contribution in [0.2, 0.25) is 0 Å². The first-order chi connectivity index (χ1) is 8.23. The molecule has 0 aromatic heterocycles. The van der Waals surface area contributed by atoms with Gasteiger partial charge in [-0.25, -0.2) is 9.18 Å². The lowest BCUT2D eigenvalue weighted by atomic mass is 10.1. The van der Waals surface area contributed by atoms with Crippen LogP contribution in [-0.4, -0.2) is 12.6 Å². The molecule has 0 fully saturated rings. The van der Waals surface area contributed by atoms with E-state index in [1.807, 2.05) is 0 Å². The molecule has 1 rings (SSSR count). The van der Waals surface area contributed by atoms with E-state index < -0.39 is 29.1 Å². The minimum atomic E-state index is -4.80. The van der Waals surface area contributed by atoms with Crippen LogP contribution < -0.4 is 0 Å². The predicted octanol–water partition coefficient (Wildman–Crippen LogP) is 3.66. The van der Waals surface area contributed by atoms with Crippen LogP contribution in [0.15, 0.2) is 18.2 Å². The monoisotopic (exact) mass is 264 g/mol. The Kier molecular flexibility index (Phi) is 4.32. The first-order valence-electron chi connectivity index (χ1n) is 5.26. The topological polar surface area (TPSA) is 26.3 Å². The van der Waals surface area contributed by atoms with Gasteiger partial charge >= 0.3 is 12.1 Å². The fourth-order valence-electron chi connectivity index (χ4n) is 1.28. The van der Waals surface area contributed by atoms with E-state index in [1.54, 1.807) is 13.8 Å². The number of benzene rings is 1. The third-order valence-electron chi connectivity index (χ3n) is 2.07. The van der Waals surface area contributed by atoms with Crippen molar-refractivity contribution in [1.29, 1.82) is 0 Å². The Morgan fingerprint density at radius 1 is 1.33 bits per heavy atom. The maximum absolute atomic E-state index is 13.4. The average molecular weight is 264 g/mol. The van der Waals surface area contributed by atoms with Crippen LogP contribution in [0, 0.1) is 11.7 Å². The van der Waals surface area contributed by atoms with E-state index in [2.05, 4.69) is 4.74 Å². The number of carbonyl (C=O) groups is 1. The molecule has 0 spiro atoms. The van der Waals surface area contributed by atoms with Crippen LogP contribution in [0.1, 0.15) is 29.8 Å². The van der Waals surface area contributed by atoms with Gasteiger partial charge in [-0.05, 0) is 18.1 Å². The Balaban J connectivity index is 3.10. The SMILES string of the molecule is CC(C)COC(=O)c1c(F)cccc1C(F)(F)F. The lowest BCUT2D eigenvalue weighted by Gasteiger charge is -2.13. The summed E-state index contributed by atoms with van der Waals surface area (Å²) in [6, 6.07) is 2.34. The fourth-order valence-corrected chi connectivity index (χ4v) is 1.28. The van der Waals surface area contributed by atoms with Crippen LogP contribution in [0.5, 0.6) is 0 Å². The zero-order valence-corrected chi connectivity index (χ0v) is 9.84. The highest BCUT2D eigenvalue weighted by Gasteiger charge is 2.37. The second-order valence-electron chi connectivity index (χ2n) is 4.15. The molecule has 0 saturated heterocycles. The minimum absolute atomic E-state index is 0.0462. The highest BCUT2D eigenvalue weighted by atomic mass is 19.4. The van der Waals surface area contributed by atoms with Gasteiger partial charge in [-0.2, -0.15) is 13.2 Å². The zero-order chi connectivity index (χ0) is 13.9. The highest BCUT2D eigenvalue weighted by Crippen LogP contribution is 2.33. The van der Waals surface area contributed by atoms with Crippen LogP contribution >= 0.6 is 0 Å². The largest absolute Gasteiger partial charge is 0.462 e. The number of halogens is 4. The first kappa shape index (κ1) is 14.5. The number of esters is 1. The van der Waals surface area contributed by atoms with Crippen molar-refractivity contribution in [3.63, 3.8) is 0 Å². The van der Waals surface area contributed by atoms with Crippen molar-refractivity contribution in [2.24, 2.45) is 5.92 Å². The third-order valence-corrected chi connectivity index (χ3v) is 2.07. The van der Waals surface area contributed by atoms with Crippen molar-refractivity contribution < 1.29 is 27.1 Å². The van der Waals surface area contributed by atoms with Gasteiger partial charge in [0.2, 0.25) is 0 Å². The Bertz CT molecular complexity index is 438. The molecular weight excluding hydrogens is 252 g/mol. The van der Waals surface area contributed by atoms with Crippen molar-refractivity contribution in [3.8, 4) is 0 Å². The van der Waals surface area contributed by atoms with E-state index in [-0.39, 0.29) is 12.5 Å². The molecule has 0 aliphatic heterocycles.